The number of nitrogen functional groups attached to an aromatic ring is 1. The third kappa shape index (κ3) is 3.52. The average molecular weight is 279 g/mol. The van der Waals surface area contributed by atoms with E-state index in [4.69, 9.17) is 15.2 Å². The fourth-order valence-electron chi connectivity index (χ4n) is 1.85. The molecular weight excluding hydrogens is 258 g/mol. The van der Waals surface area contributed by atoms with Gasteiger partial charge in [0.1, 0.15) is 5.82 Å². The highest BCUT2D eigenvalue weighted by Gasteiger charge is 2.15. The predicted molar refractivity (Wildman–Crippen MR) is 77.6 cm³/mol. The fraction of sp³-hybridized carbons (Fsp3) is 0.462. The standard InChI is InChI=1S/C13H21N5O2/c1-3-19-13(20-4-2)10-18-11(14)9-12(16-18)17-8-6-5-7-15-17/h5-9,13,15H,3-4,10,14H2,1-2H3. The fourth-order valence-corrected chi connectivity index (χ4v) is 1.85. The summed E-state index contributed by atoms with van der Waals surface area (Å²) >= 11 is 0. The van der Waals surface area contributed by atoms with Crippen LogP contribution in [0.1, 0.15) is 13.8 Å². The van der Waals surface area contributed by atoms with Crippen molar-refractivity contribution in [3.8, 4) is 0 Å². The van der Waals surface area contributed by atoms with Gasteiger partial charge in [-0.05, 0) is 26.0 Å². The Morgan fingerprint density at radius 1 is 1.30 bits per heavy atom. The Kier molecular flexibility index (Phi) is 5.03. The third-order valence-electron chi connectivity index (χ3n) is 2.73. The molecule has 0 saturated heterocycles. The van der Waals surface area contributed by atoms with Crippen LogP contribution in [0.5, 0.6) is 0 Å². The number of aromatic nitrogens is 2. The van der Waals surface area contributed by atoms with Gasteiger partial charge < -0.3 is 20.6 Å². The second-order valence-corrected chi connectivity index (χ2v) is 4.15. The molecule has 0 saturated carbocycles. The molecule has 1 aliphatic heterocycles. The number of nitrogens with one attached hydrogen (secondary N) is 1. The lowest BCUT2D eigenvalue weighted by Crippen LogP contribution is -2.31. The van der Waals surface area contributed by atoms with Gasteiger partial charge in [-0.3, -0.25) is 0 Å². The first kappa shape index (κ1) is 14.4. The second kappa shape index (κ2) is 6.97. The van der Waals surface area contributed by atoms with Crippen LogP contribution in [-0.2, 0) is 16.0 Å². The summed E-state index contributed by atoms with van der Waals surface area (Å²) in [6.45, 7) is 5.48. The van der Waals surface area contributed by atoms with Crippen molar-refractivity contribution in [2.45, 2.75) is 26.7 Å². The SMILES string of the molecule is CCOC(Cn1nc(N2C=CC=CN2)cc1N)OCC. The number of rotatable bonds is 7. The minimum absolute atomic E-state index is 0.343. The number of hydrazine groups is 1. The number of anilines is 2. The molecular formula is C13H21N5O2. The summed E-state index contributed by atoms with van der Waals surface area (Å²) < 4.78 is 12.7. The molecule has 0 aromatic carbocycles. The summed E-state index contributed by atoms with van der Waals surface area (Å²) in [4.78, 5) is 0. The molecule has 0 bridgehead atoms. The number of hydrogen-bond donors (Lipinski definition) is 2. The van der Waals surface area contributed by atoms with E-state index in [0.29, 0.717) is 25.6 Å². The van der Waals surface area contributed by atoms with Crippen LogP contribution in [0, 0.1) is 0 Å². The Hall–Kier alpha value is -1.99. The van der Waals surface area contributed by atoms with Gasteiger partial charge >= 0.3 is 0 Å². The summed E-state index contributed by atoms with van der Waals surface area (Å²) in [6.07, 6.45) is 7.16. The lowest BCUT2D eigenvalue weighted by Gasteiger charge is -2.19. The second-order valence-electron chi connectivity index (χ2n) is 4.15. The van der Waals surface area contributed by atoms with Crippen molar-refractivity contribution in [2.75, 3.05) is 24.0 Å². The number of nitrogens with zero attached hydrogens (tertiary/aromatic N) is 3. The first-order valence-corrected chi connectivity index (χ1v) is 6.69. The van der Waals surface area contributed by atoms with E-state index in [2.05, 4.69) is 10.5 Å². The molecule has 0 amide bonds. The van der Waals surface area contributed by atoms with Gasteiger partial charge in [-0.2, -0.15) is 5.10 Å². The van der Waals surface area contributed by atoms with Gasteiger partial charge in [-0.25, -0.2) is 9.69 Å². The summed E-state index contributed by atoms with van der Waals surface area (Å²) in [7, 11) is 0. The predicted octanol–water partition coefficient (Wildman–Crippen LogP) is 1.22. The summed E-state index contributed by atoms with van der Waals surface area (Å²) in [5.74, 6) is 1.28. The van der Waals surface area contributed by atoms with Crippen molar-refractivity contribution in [1.82, 2.24) is 15.2 Å². The lowest BCUT2D eigenvalue weighted by molar-refractivity contribution is -0.144. The number of allylic oxidation sites excluding steroid dienone is 2. The Morgan fingerprint density at radius 3 is 2.65 bits per heavy atom. The zero-order chi connectivity index (χ0) is 14.4. The quantitative estimate of drug-likeness (QED) is 0.731. The Labute approximate surface area is 118 Å². The van der Waals surface area contributed by atoms with E-state index >= 15 is 0 Å². The Morgan fingerprint density at radius 2 is 2.05 bits per heavy atom. The molecule has 0 radical (unpaired) electrons. The monoisotopic (exact) mass is 279 g/mol. The molecule has 1 aliphatic rings. The van der Waals surface area contributed by atoms with Crippen molar-refractivity contribution >= 4 is 11.6 Å². The summed E-state index contributed by atoms with van der Waals surface area (Å²) in [5, 5.41) is 6.23. The van der Waals surface area contributed by atoms with Crippen molar-refractivity contribution < 1.29 is 9.47 Å². The maximum absolute atomic E-state index is 5.98. The highest BCUT2D eigenvalue weighted by Crippen LogP contribution is 2.17. The van der Waals surface area contributed by atoms with E-state index in [0.717, 1.165) is 5.82 Å². The number of ether oxygens (including phenoxy) is 2. The molecule has 0 fully saturated rings. The van der Waals surface area contributed by atoms with E-state index in [9.17, 15) is 0 Å². The molecule has 20 heavy (non-hydrogen) atoms. The van der Waals surface area contributed by atoms with Gasteiger partial charge in [0.15, 0.2) is 12.1 Å². The van der Waals surface area contributed by atoms with Crippen LogP contribution in [0.25, 0.3) is 0 Å². The first-order chi connectivity index (χ1) is 9.74. The molecule has 110 valence electrons. The van der Waals surface area contributed by atoms with Gasteiger partial charge in [0.2, 0.25) is 0 Å². The molecule has 1 aromatic rings. The Bertz CT molecular complexity index is 477. The van der Waals surface area contributed by atoms with Crippen molar-refractivity contribution in [3.05, 3.63) is 30.6 Å². The number of hydrogen-bond acceptors (Lipinski definition) is 6. The lowest BCUT2D eigenvalue weighted by atomic mass is 10.5. The van der Waals surface area contributed by atoms with Crippen molar-refractivity contribution in [3.63, 3.8) is 0 Å². The molecule has 3 N–H and O–H groups in total. The normalized spacial score (nSPS) is 14.1. The van der Waals surface area contributed by atoms with E-state index in [1.165, 1.54) is 0 Å². The molecule has 0 aliphatic carbocycles. The van der Waals surface area contributed by atoms with Crippen LogP contribution >= 0.6 is 0 Å². The van der Waals surface area contributed by atoms with Crippen LogP contribution in [0.15, 0.2) is 30.6 Å². The molecule has 7 heteroatoms. The molecule has 0 unspecified atom stereocenters. The van der Waals surface area contributed by atoms with Crippen molar-refractivity contribution in [1.29, 1.82) is 0 Å². The maximum Gasteiger partial charge on any atom is 0.177 e. The molecule has 2 rings (SSSR count). The van der Waals surface area contributed by atoms with Crippen LogP contribution in [0.3, 0.4) is 0 Å². The van der Waals surface area contributed by atoms with Gasteiger partial charge in [-0.1, -0.05) is 0 Å². The van der Waals surface area contributed by atoms with Gasteiger partial charge in [0.25, 0.3) is 0 Å². The zero-order valence-corrected chi connectivity index (χ0v) is 11.8. The number of nitrogens with two attached hydrogens (primary N) is 1. The minimum Gasteiger partial charge on any atom is -0.384 e. The molecule has 0 atom stereocenters. The molecule has 7 nitrogen and oxygen atoms in total. The third-order valence-corrected chi connectivity index (χ3v) is 2.73. The Balaban J connectivity index is 2.06. The average Bonchev–Trinajstić information content (AvgIpc) is 2.82. The van der Waals surface area contributed by atoms with E-state index in [1.807, 2.05) is 38.4 Å². The molecule has 0 spiro atoms. The maximum atomic E-state index is 5.98. The molecule has 1 aromatic heterocycles. The van der Waals surface area contributed by atoms with Crippen LogP contribution in [0.4, 0.5) is 11.6 Å². The summed E-state index contributed by atoms with van der Waals surface area (Å²) in [6, 6.07) is 1.80. The van der Waals surface area contributed by atoms with E-state index in [1.54, 1.807) is 15.8 Å². The van der Waals surface area contributed by atoms with Crippen LogP contribution in [0.2, 0.25) is 0 Å². The van der Waals surface area contributed by atoms with Gasteiger partial charge in [0.05, 0.1) is 6.54 Å². The zero-order valence-electron chi connectivity index (χ0n) is 11.8. The van der Waals surface area contributed by atoms with Crippen LogP contribution < -0.4 is 16.2 Å². The van der Waals surface area contributed by atoms with E-state index < -0.39 is 0 Å². The van der Waals surface area contributed by atoms with Crippen LogP contribution in [-0.4, -0.2) is 29.3 Å². The summed E-state index contributed by atoms with van der Waals surface area (Å²) in [5.41, 5.74) is 9.03. The minimum atomic E-state index is -0.343. The van der Waals surface area contributed by atoms with Gasteiger partial charge in [0, 0.05) is 31.7 Å². The molecule has 2 heterocycles. The highest BCUT2D eigenvalue weighted by molar-refractivity contribution is 5.50. The smallest absolute Gasteiger partial charge is 0.177 e. The van der Waals surface area contributed by atoms with Crippen molar-refractivity contribution in [2.24, 2.45) is 0 Å². The van der Waals surface area contributed by atoms with Gasteiger partial charge in [-0.15, -0.1) is 0 Å². The first-order valence-electron chi connectivity index (χ1n) is 6.69. The van der Waals surface area contributed by atoms with E-state index in [-0.39, 0.29) is 6.29 Å². The largest absolute Gasteiger partial charge is 0.384 e. The topological polar surface area (TPSA) is 77.6 Å². The highest BCUT2D eigenvalue weighted by atomic mass is 16.7.